The fraction of sp³-hybridized carbons (Fsp3) is 0.846. The maximum absolute atomic E-state index is 14.5. The number of rotatable bonds is 17. The minimum Gasteiger partial charge on any atom is -0.459 e. The van der Waals surface area contributed by atoms with Gasteiger partial charge in [0.25, 0.3) is 5.69 Å². The van der Waals surface area contributed by atoms with Gasteiger partial charge in [-0.05, 0) is 125 Å². The van der Waals surface area contributed by atoms with Crippen molar-refractivity contribution in [3.8, 4) is 0 Å². The number of esters is 1. The lowest BCUT2D eigenvalue weighted by atomic mass is 9.77. The maximum Gasteiger partial charge on any atom is 0.311 e. The predicted molar refractivity (Wildman–Crippen MR) is 269 cm³/mol. The molecule has 21 heteroatoms. The lowest BCUT2D eigenvalue weighted by molar-refractivity contribution is -0.384. The molecule has 0 spiro atoms. The minimum absolute atomic E-state index is 0.0671. The van der Waals surface area contributed by atoms with Crippen molar-refractivity contribution in [1.82, 2.24) is 15.1 Å². The van der Waals surface area contributed by atoms with Gasteiger partial charge in [0.2, 0.25) is 5.91 Å². The number of aliphatic hydroxyl groups is 7. The zero-order valence-electron chi connectivity index (χ0n) is 45.6. The van der Waals surface area contributed by atoms with Crippen LogP contribution in [-0.4, -0.2) is 200 Å². The van der Waals surface area contributed by atoms with Crippen LogP contribution in [0.1, 0.15) is 126 Å². The SMILES string of the molecule is CC[C@H]1OC(=O)[C@H](C)[C@@H](O[C@H]2C[C@@](C)(OC)[C@@H](O)[C@H](C)O2)[C@H](C)[C@@H](O[C@@H]2O[C@H](C)C[C@H](N(C)CCCC(C)C(=O)N[C@H](CO)[C@H](O)c3ccc([N+](=O)[O-])cc3)[C@H]2O)[C@](C)(O)C[C@@H](C)CN(C)[C@H](C)[C@@H](O)[C@]1(C)O. The van der Waals surface area contributed by atoms with E-state index in [1.165, 1.54) is 38.3 Å². The molecule has 21 nitrogen and oxygen atoms in total. The van der Waals surface area contributed by atoms with Gasteiger partial charge in [-0.1, -0.05) is 27.7 Å². The molecule has 1 aromatic carbocycles. The molecule has 1 amide bonds. The summed E-state index contributed by atoms with van der Waals surface area (Å²) in [5, 5.41) is 94.3. The van der Waals surface area contributed by atoms with Crippen LogP contribution < -0.4 is 5.32 Å². The Labute approximate surface area is 431 Å². The summed E-state index contributed by atoms with van der Waals surface area (Å²) in [5.41, 5.74) is -4.51. The first kappa shape index (κ1) is 62.5. The highest BCUT2D eigenvalue weighted by molar-refractivity contribution is 5.78. The van der Waals surface area contributed by atoms with Gasteiger partial charge in [0, 0.05) is 56.1 Å². The smallest absolute Gasteiger partial charge is 0.311 e. The van der Waals surface area contributed by atoms with E-state index in [1.807, 2.05) is 37.7 Å². The molecule has 1 unspecified atom stereocenters. The number of hydrogen-bond donors (Lipinski definition) is 8. The Hall–Kier alpha value is -3.00. The Balaban J connectivity index is 1.61. The molecule has 0 aromatic heterocycles. The van der Waals surface area contributed by atoms with E-state index in [1.54, 1.807) is 55.4 Å². The second-order valence-electron chi connectivity index (χ2n) is 22.3. The second kappa shape index (κ2) is 26.4. The van der Waals surface area contributed by atoms with Gasteiger partial charge < -0.3 is 79.3 Å². The van der Waals surface area contributed by atoms with Gasteiger partial charge in [0.1, 0.15) is 36.1 Å². The van der Waals surface area contributed by atoms with Crippen molar-refractivity contribution in [2.45, 2.75) is 217 Å². The van der Waals surface area contributed by atoms with Crippen LogP contribution in [0.2, 0.25) is 0 Å². The fourth-order valence-electron chi connectivity index (χ4n) is 11.2. The summed E-state index contributed by atoms with van der Waals surface area (Å²) < 4.78 is 38.1. The summed E-state index contributed by atoms with van der Waals surface area (Å²) in [6, 6.07) is 3.04. The number of hydrogen-bond acceptors (Lipinski definition) is 19. The Morgan fingerprint density at radius 1 is 1.01 bits per heavy atom. The summed E-state index contributed by atoms with van der Waals surface area (Å²) in [6.07, 6.45) is -10.1. The number of amides is 1. The molecular weight excluding hydrogens is 953 g/mol. The molecule has 1 aromatic rings. The quantitative estimate of drug-likeness (QED) is 0.0632. The summed E-state index contributed by atoms with van der Waals surface area (Å²) in [4.78, 5) is 42.1. The number of aliphatic hydroxyl groups excluding tert-OH is 5. The van der Waals surface area contributed by atoms with Crippen LogP contribution in [0.3, 0.4) is 0 Å². The Morgan fingerprint density at radius 3 is 2.22 bits per heavy atom. The molecule has 420 valence electrons. The molecule has 8 N–H and O–H groups in total. The third kappa shape index (κ3) is 15.4. The van der Waals surface area contributed by atoms with E-state index < -0.39 is 144 Å². The maximum atomic E-state index is 14.5. The monoisotopic (exact) mass is 1040 g/mol. The fourth-order valence-corrected chi connectivity index (χ4v) is 11.2. The molecule has 0 aliphatic carbocycles. The summed E-state index contributed by atoms with van der Waals surface area (Å²) >= 11 is 0. The number of nitro groups is 1. The van der Waals surface area contributed by atoms with Crippen LogP contribution in [0.4, 0.5) is 5.69 Å². The number of nitro benzene ring substituents is 1. The molecule has 3 fully saturated rings. The number of likely N-dealkylation sites (N-methyl/N-ethyl adjacent to an activating group) is 2. The molecule has 0 saturated carbocycles. The van der Waals surface area contributed by atoms with Crippen LogP contribution in [0, 0.1) is 33.8 Å². The number of carbonyl (C=O) groups is 2. The van der Waals surface area contributed by atoms with E-state index >= 15 is 0 Å². The zero-order chi connectivity index (χ0) is 55.1. The molecule has 73 heavy (non-hydrogen) atoms. The molecule has 0 bridgehead atoms. The van der Waals surface area contributed by atoms with Gasteiger partial charge in [-0.25, -0.2) is 0 Å². The standard InChI is InChI=1S/C52H90N4O17/c1-15-39-52(11,65)44(60)33(7)55(13)26-28(2)24-50(9,64)46(31(5)43(32(6)48(63)71-39)72-40-25-51(10,68-14)45(61)34(8)70-40)73-49-42(59)38(23-30(4)69-49)54(12)22-16-17-29(3)47(62)53-37(27-57)41(58)35-18-20-36(21-19-35)56(66)67/h18-21,28-34,37-46,49,57-61,64-65H,15-17,22-27H2,1-14H3,(H,53,62)/t28-,29?,30-,31+,32-,33-,34+,37-,38+,39-,40+,41-,42-,43+,44-,45+,46-,49+,50-,51-,52-/m1/s1. The first-order valence-corrected chi connectivity index (χ1v) is 26.0. The first-order chi connectivity index (χ1) is 33.9. The normalized spacial score (nSPS) is 39.9. The highest BCUT2D eigenvalue weighted by Crippen LogP contribution is 2.40. The number of ether oxygens (including phenoxy) is 6. The van der Waals surface area contributed by atoms with Crippen LogP contribution >= 0.6 is 0 Å². The van der Waals surface area contributed by atoms with Crippen LogP contribution in [-0.2, 0) is 38.0 Å². The topological polar surface area (TPSA) is 293 Å². The number of nitrogens with one attached hydrogen (secondary N) is 1. The molecule has 4 rings (SSSR count). The summed E-state index contributed by atoms with van der Waals surface area (Å²) in [5.74, 6) is -3.89. The van der Waals surface area contributed by atoms with E-state index in [2.05, 4.69) is 5.32 Å². The first-order valence-electron chi connectivity index (χ1n) is 26.0. The number of carbonyl (C=O) groups excluding carboxylic acids is 2. The largest absolute Gasteiger partial charge is 0.459 e. The Kier molecular flexibility index (Phi) is 22.6. The highest BCUT2D eigenvalue weighted by Gasteiger charge is 2.53. The van der Waals surface area contributed by atoms with E-state index in [4.69, 9.17) is 28.4 Å². The van der Waals surface area contributed by atoms with Gasteiger partial charge >= 0.3 is 5.97 Å². The van der Waals surface area contributed by atoms with Crippen molar-refractivity contribution in [2.24, 2.45) is 23.7 Å². The van der Waals surface area contributed by atoms with E-state index in [-0.39, 0.29) is 30.9 Å². The third-order valence-electron chi connectivity index (χ3n) is 16.1. The average Bonchev–Trinajstić information content (AvgIpc) is 3.33. The van der Waals surface area contributed by atoms with Gasteiger partial charge in [-0.15, -0.1) is 0 Å². The zero-order valence-corrected chi connectivity index (χ0v) is 45.6. The predicted octanol–water partition coefficient (Wildman–Crippen LogP) is 2.81. The minimum atomic E-state index is -1.87. The number of cyclic esters (lactones) is 1. The van der Waals surface area contributed by atoms with E-state index in [0.29, 0.717) is 37.9 Å². The molecule has 3 aliphatic rings. The van der Waals surface area contributed by atoms with Crippen molar-refractivity contribution in [3.63, 3.8) is 0 Å². The Morgan fingerprint density at radius 2 is 1.64 bits per heavy atom. The summed E-state index contributed by atoms with van der Waals surface area (Å²) in [6.45, 7) is 19.2. The lowest BCUT2D eigenvalue weighted by Crippen LogP contribution is -2.60. The van der Waals surface area contributed by atoms with Crippen LogP contribution in [0.25, 0.3) is 0 Å². The van der Waals surface area contributed by atoms with E-state index in [0.717, 1.165) is 0 Å². The average molecular weight is 1040 g/mol. The molecule has 3 heterocycles. The van der Waals surface area contributed by atoms with Crippen LogP contribution in [0.5, 0.6) is 0 Å². The molecule has 3 saturated heterocycles. The van der Waals surface area contributed by atoms with Gasteiger partial charge in [0.15, 0.2) is 12.6 Å². The van der Waals surface area contributed by atoms with Crippen molar-refractivity contribution >= 4 is 17.6 Å². The van der Waals surface area contributed by atoms with Crippen molar-refractivity contribution in [2.75, 3.05) is 40.9 Å². The number of benzene rings is 1. The van der Waals surface area contributed by atoms with E-state index in [9.17, 15) is 55.4 Å². The Bertz CT molecular complexity index is 1910. The number of non-ortho nitro benzene ring substituents is 1. The van der Waals surface area contributed by atoms with Crippen molar-refractivity contribution < 1.29 is 78.7 Å². The molecule has 0 radical (unpaired) electrons. The second-order valence-corrected chi connectivity index (χ2v) is 22.3. The molecule has 3 aliphatic heterocycles. The molecular formula is C52H90N4O17. The number of nitrogens with zero attached hydrogens (tertiary/aromatic N) is 3. The third-order valence-corrected chi connectivity index (χ3v) is 16.1. The summed E-state index contributed by atoms with van der Waals surface area (Å²) in [7, 11) is 5.14. The number of methoxy groups -OCH3 is 1. The van der Waals surface area contributed by atoms with Crippen LogP contribution in [0.15, 0.2) is 24.3 Å². The lowest BCUT2D eigenvalue weighted by Gasteiger charge is -2.49. The van der Waals surface area contributed by atoms with Crippen molar-refractivity contribution in [1.29, 1.82) is 0 Å². The van der Waals surface area contributed by atoms with Gasteiger partial charge in [-0.3, -0.25) is 19.7 Å². The van der Waals surface area contributed by atoms with Gasteiger partial charge in [-0.2, -0.15) is 0 Å². The highest BCUT2D eigenvalue weighted by atomic mass is 16.7. The van der Waals surface area contributed by atoms with Gasteiger partial charge in [0.05, 0.1) is 59.1 Å². The molecule has 21 atom stereocenters. The van der Waals surface area contributed by atoms with Crippen molar-refractivity contribution in [3.05, 3.63) is 39.9 Å².